The zero-order chi connectivity index (χ0) is 27.2. The van der Waals surface area contributed by atoms with E-state index in [9.17, 15) is 24.9 Å². The lowest BCUT2D eigenvalue weighted by Gasteiger charge is -2.27. The summed E-state index contributed by atoms with van der Waals surface area (Å²) in [6, 6.07) is 10.4. The number of carbonyl (C=O) groups is 1. The number of benzene rings is 1. The molecule has 1 aliphatic heterocycles. The predicted octanol–water partition coefficient (Wildman–Crippen LogP) is 4.26. The van der Waals surface area contributed by atoms with Gasteiger partial charge in [0.25, 0.3) is 5.91 Å². The Balaban J connectivity index is 1.28. The van der Waals surface area contributed by atoms with E-state index >= 15 is 0 Å². The molecule has 4 heterocycles. The Hall–Kier alpha value is -3.14. The number of pyridine rings is 1. The number of fused-ring (bicyclic) bond motifs is 2. The van der Waals surface area contributed by atoms with Crippen LogP contribution < -0.4 is 5.32 Å². The largest absolute Gasteiger partial charge is 0.347 e. The molecule has 5 rings (SSSR count). The summed E-state index contributed by atoms with van der Waals surface area (Å²) in [4.78, 5) is 21.7. The molecule has 202 valence electrons. The lowest BCUT2D eigenvalue weighted by Crippen LogP contribution is -2.38. The number of halogens is 4. The van der Waals surface area contributed by atoms with Crippen LogP contribution in [-0.2, 0) is 35.1 Å². The van der Waals surface area contributed by atoms with E-state index in [0.717, 1.165) is 5.56 Å². The summed E-state index contributed by atoms with van der Waals surface area (Å²) in [7, 11) is -11.7. The Bertz CT molecular complexity index is 1640. The first-order chi connectivity index (χ1) is 18.0. The van der Waals surface area contributed by atoms with Crippen LogP contribution in [0.5, 0.6) is 0 Å². The Morgan fingerprint density at radius 3 is 2.50 bits per heavy atom. The van der Waals surface area contributed by atoms with Crippen molar-refractivity contribution in [1.29, 1.82) is 0 Å². The average molecular weight is 588 g/mol. The van der Waals surface area contributed by atoms with Gasteiger partial charge in [0.05, 0.1) is 23.8 Å². The van der Waals surface area contributed by atoms with Gasteiger partial charge in [0.1, 0.15) is 17.2 Å². The summed E-state index contributed by atoms with van der Waals surface area (Å²) < 4.78 is 66.0. The van der Waals surface area contributed by atoms with E-state index in [4.69, 9.17) is 11.6 Å². The summed E-state index contributed by atoms with van der Waals surface area (Å²) in [5.41, 5.74) is 3.08. The predicted molar refractivity (Wildman–Crippen MR) is 136 cm³/mol. The van der Waals surface area contributed by atoms with Gasteiger partial charge >= 0.3 is 19.3 Å². The van der Waals surface area contributed by atoms with Crippen molar-refractivity contribution >= 4 is 42.4 Å². The number of nitrogens with zero attached hydrogens (tertiary/aromatic N) is 6. The maximum absolute atomic E-state index is 13.0. The van der Waals surface area contributed by atoms with Crippen molar-refractivity contribution in [2.75, 3.05) is 6.54 Å². The van der Waals surface area contributed by atoms with Crippen LogP contribution >= 0.6 is 21.8 Å². The van der Waals surface area contributed by atoms with Gasteiger partial charge in [0, 0.05) is 24.8 Å². The maximum Gasteiger partial charge on any atom is 0.330 e. The third-order valence-corrected chi connectivity index (χ3v) is 9.76. The van der Waals surface area contributed by atoms with Gasteiger partial charge in [-0.05, 0) is 24.1 Å². The molecule has 1 aliphatic rings. The van der Waals surface area contributed by atoms with Crippen LogP contribution in [0.1, 0.15) is 34.5 Å². The molecule has 1 aromatic carbocycles. The number of amides is 1. The monoisotopic (exact) mass is 587 g/mol. The molecule has 1 N–H and O–H groups in total. The Morgan fingerprint density at radius 2 is 1.82 bits per heavy atom. The minimum absolute atomic E-state index is 0.0323. The van der Waals surface area contributed by atoms with E-state index in [0.29, 0.717) is 38.3 Å². The van der Waals surface area contributed by atoms with Crippen LogP contribution in [0.4, 0.5) is 11.7 Å². The summed E-state index contributed by atoms with van der Waals surface area (Å²) >= 11 is 6.10. The van der Waals surface area contributed by atoms with E-state index in [1.54, 1.807) is 47.0 Å². The molecule has 0 fully saturated rings. The molecule has 0 spiro atoms. The fourth-order valence-corrected chi connectivity index (χ4v) is 6.22. The number of imidazole rings is 1. The average Bonchev–Trinajstić information content (AvgIpc) is 3.47. The topological polar surface area (TPSA) is 114 Å². The first kappa shape index (κ1) is 26.5. The fourth-order valence-electron chi connectivity index (χ4n) is 4.14. The summed E-state index contributed by atoms with van der Waals surface area (Å²) in [6.07, 6.45) is 2.21. The van der Waals surface area contributed by atoms with Crippen molar-refractivity contribution in [3.05, 3.63) is 70.4 Å². The van der Waals surface area contributed by atoms with Crippen LogP contribution in [0.25, 0.3) is 17.0 Å². The van der Waals surface area contributed by atoms with Crippen LogP contribution in [-0.4, -0.2) is 49.3 Å². The number of rotatable bonds is 7. The second kappa shape index (κ2) is 9.87. The molecule has 0 radical (unpaired) electrons. The molecule has 0 atom stereocenters. The molecular weight excluding hydrogens is 567 g/mol. The molecule has 0 aliphatic carbocycles. The van der Waals surface area contributed by atoms with E-state index in [2.05, 4.69) is 20.4 Å². The van der Waals surface area contributed by atoms with Crippen molar-refractivity contribution in [3.8, 4) is 11.4 Å². The smallest absolute Gasteiger partial charge is 0.330 e. The SMILES string of the molecule is CCc1nc2ccc(Cl)cn2c1C(=O)NCc1ccc(-c2nc3n(n2)CCN(S(=O)(=O)S(F)(F)F)C3)cc1. The van der Waals surface area contributed by atoms with Crippen LogP contribution in [0.15, 0.2) is 42.6 Å². The zero-order valence-electron chi connectivity index (χ0n) is 19.8. The number of nitrogens with one attached hydrogen (secondary N) is 1. The van der Waals surface area contributed by atoms with Crippen molar-refractivity contribution in [2.45, 2.75) is 33.0 Å². The van der Waals surface area contributed by atoms with E-state index in [1.807, 2.05) is 6.92 Å². The van der Waals surface area contributed by atoms with Crippen molar-refractivity contribution in [2.24, 2.45) is 0 Å². The lowest BCUT2D eigenvalue weighted by molar-refractivity contribution is 0.0944. The summed E-state index contributed by atoms with van der Waals surface area (Å²) in [5.74, 6) is 0.100. The van der Waals surface area contributed by atoms with Gasteiger partial charge in [-0.3, -0.25) is 9.20 Å². The molecule has 0 saturated heterocycles. The van der Waals surface area contributed by atoms with Crippen molar-refractivity contribution in [3.63, 3.8) is 0 Å². The Labute approximate surface area is 222 Å². The molecule has 10 nitrogen and oxygen atoms in total. The highest BCUT2D eigenvalue weighted by molar-refractivity contribution is 8.83. The molecule has 1 amide bonds. The molecule has 0 unspecified atom stereocenters. The van der Waals surface area contributed by atoms with Crippen LogP contribution in [0, 0.1) is 0 Å². The zero-order valence-corrected chi connectivity index (χ0v) is 22.2. The Kier molecular flexibility index (Phi) is 6.87. The third kappa shape index (κ3) is 4.86. The molecule has 16 heteroatoms. The second-order valence-electron chi connectivity index (χ2n) is 8.45. The third-order valence-electron chi connectivity index (χ3n) is 6.05. The minimum Gasteiger partial charge on any atom is -0.347 e. The lowest BCUT2D eigenvalue weighted by atomic mass is 10.1. The number of hydrogen-bond acceptors (Lipinski definition) is 6. The van der Waals surface area contributed by atoms with Crippen LogP contribution in [0.3, 0.4) is 0 Å². The quantitative estimate of drug-likeness (QED) is 0.323. The van der Waals surface area contributed by atoms with Gasteiger partial charge in [-0.1, -0.05) is 42.8 Å². The molecular formula is C22H21ClF3N7O3S2. The van der Waals surface area contributed by atoms with Gasteiger partial charge in [-0.15, -0.1) is 11.7 Å². The maximum atomic E-state index is 13.0. The molecule has 0 bridgehead atoms. The van der Waals surface area contributed by atoms with E-state index in [-0.39, 0.29) is 37.2 Å². The second-order valence-corrected chi connectivity index (χ2v) is 13.4. The molecule has 0 saturated carbocycles. The van der Waals surface area contributed by atoms with Crippen molar-refractivity contribution < 1.29 is 24.9 Å². The van der Waals surface area contributed by atoms with Crippen LogP contribution in [0.2, 0.25) is 5.02 Å². The van der Waals surface area contributed by atoms with Gasteiger partial charge in [0.2, 0.25) is 0 Å². The standard InChI is InChI=1S/C22H21ClF3N7O3S2/c1-2-17-20(32-12-16(23)7-8-18(32)28-17)22(34)27-11-14-3-5-15(6-4-14)21-29-19-13-31(9-10-33(19)30-21)38(35,36)37(24,25)26/h3-8,12H,2,9-11,13H2,1H3,(H,27,34). The number of carbonyl (C=O) groups excluding carboxylic acids is 1. The van der Waals surface area contributed by atoms with E-state index in [1.165, 1.54) is 4.68 Å². The molecule has 38 heavy (non-hydrogen) atoms. The Morgan fingerprint density at radius 1 is 1.08 bits per heavy atom. The fraction of sp³-hybridized carbons (Fsp3) is 0.273. The van der Waals surface area contributed by atoms with Gasteiger partial charge in [0.15, 0.2) is 5.82 Å². The first-order valence-corrected chi connectivity index (χ1v) is 15.0. The van der Waals surface area contributed by atoms with Crippen molar-refractivity contribution in [1.82, 2.24) is 33.8 Å². The van der Waals surface area contributed by atoms with Gasteiger partial charge in [-0.2, -0.15) is 17.8 Å². The minimum atomic E-state index is -6.30. The van der Waals surface area contributed by atoms with E-state index < -0.39 is 25.8 Å². The highest BCUT2D eigenvalue weighted by Gasteiger charge is 2.46. The van der Waals surface area contributed by atoms with Gasteiger partial charge < -0.3 is 5.32 Å². The van der Waals surface area contributed by atoms with Gasteiger partial charge in [-0.25, -0.2) is 14.6 Å². The number of hydrogen-bond donors (Lipinski definition) is 1. The summed E-state index contributed by atoms with van der Waals surface area (Å²) in [5, 5.41) is 7.68. The highest BCUT2D eigenvalue weighted by Crippen LogP contribution is 2.60. The molecule has 3 aromatic heterocycles. The first-order valence-electron chi connectivity index (χ1n) is 11.4. The number of aromatic nitrogens is 5. The normalized spacial score (nSPS) is 15.0. The molecule has 4 aromatic rings. The number of aryl methyl sites for hydroxylation is 1. The highest BCUT2D eigenvalue weighted by atomic mass is 35.5. The summed E-state index contributed by atoms with van der Waals surface area (Å²) in [6.45, 7) is 1.28.